The lowest BCUT2D eigenvalue weighted by Crippen LogP contribution is -2.10. The SMILES string of the molecule is C=CCCC(=C)C[C@H](O)C[C@@H]1CO1. The number of aliphatic hydroxyl groups is 1. The van der Waals surface area contributed by atoms with Gasteiger partial charge in [0.1, 0.15) is 0 Å². The Morgan fingerprint density at radius 2 is 2.38 bits per heavy atom. The van der Waals surface area contributed by atoms with E-state index < -0.39 is 0 Å². The molecule has 0 bridgehead atoms. The monoisotopic (exact) mass is 182 g/mol. The van der Waals surface area contributed by atoms with Gasteiger partial charge in [-0.15, -0.1) is 6.58 Å². The average Bonchev–Trinajstić information content (AvgIpc) is 2.84. The van der Waals surface area contributed by atoms with Crippen LogP contribution in [-0.4, -0.2) is 23.9 Å². The van der Waals surface area contributed by atoms with Crippen LogP contribution < -0.4 is 0 Å². The number of hydrogen-bond donors (Lipinski definition) is 1. The van der Waals surface area contributed by atoms with Crippen molar-refractivity contribution in [3.8, 4) is 0 Å². The lowest BCUT2D eigenvalue weighted by atomic mass is 10.0. The molecule has 1 heterocycles. The van der Waals surface area contributed by atoms with Crippen LogP contribution in [0.15, 0.2) is 24.8 Å². The van der Waals surface area contributed by atoms with Crippen molar-refractivity contribution in [2.45, 2.75) is 37.9 Å². The Kier molecular flexibility index (Phi) is 4.19. The summed E-state index contributed by atoms with van der Waals surface area (Å²) in [6.45, 7) is 8.37. The molecule has 0 amide bonds. The molecule has 0 radical (unpaired) electrons. The zero-order valence-corrected chi connectivity index (χ0v) is 8.04. The molecular weight excluding hydrogens is 164 g/mol. The van der Waals surface area contributed by atoms with Gasteiger partial charge in [-0.1, -0.05) is 18.2 Å². The molecule has 0 unspecified atom stereocenters. The summed E-state index contributed by atoms with van der Waals surface area (Å²) in [4.78, 5) is 0. The van der Waals surface area contributed by atoms with E-state index in [1.165, 1.54) is 0 Å². The fraction of sp³-hybridized carbons (Fsp3) is 0.636. The summed E-state index contributed by atoms with van der Waals surface area (Å²) < 4.78 is 5.04. The zero-order chi connectivity index (χ0) is 9.68. The van der Waals surface area contributed by atoms with Gasteiger partial charge in [-0.3, -0.25) is 0 Å². The smallest absolute Gasteiger partial charge is 0.0834 e. The summed E-state index contributed by atoms with van der Waals surface area (Å²) in [5, 5.41) is 9.56. The zero-order valence-electron chi connectivity index (χ0n) is 8.04. The van der Waals surface area contributed by atoms with Crippen LogP contribution in [0.2, 0.25) is 0 Å². The highest BCUT2D eigenvalue weighted by Gasteiger charge is 2.25. The molecule has 0 spiro atoms. The second-order valence-electron chi connectivity index (χ2n) is 3.63. The summed E-state index contributed by atoms with van der Waals surface area (Å²) in [6, 6.07) is 0. The number of rotatable bonds is 7. The molecule has 1 aliphatic rings. The van der Waals surface area contributed by atoms with E-state index in [-0.39, 0.29) is 6.10 Å². The molecular formula is C11H18O2. The standard InChI is InChI=1S/C11H18O2/c1-3-4-5-9(2)6-10(12)7-11-8-13-11/h3,10-12H,1-2,4-8H2/t10-,11+/m0/s1. The first-order chi connectivity index (χ1) is 6.22. The van der Waals surface area contributed by atoms with E-state index in [1.807, 2.05) is 6.08 Å². The van der Waals surface area contributed by atoms with Crippen molar-refractivity contribution in [3.63, 3.8) is 0 Å². The van der Waals surface area contributed by atoms with Gasteiger partial charge in [0.15, 0.2) is 0 Å². The van der Waals surface area contributed by atoms with Gasteiger partial charge in [-0.2, -0.15) is 0 Å². The topological polar surface area (TPSA) is 32.8 Å². The molecule has 2 heteroatoms. The lowest BCUT2D eigenvalue weighted by Gasteiger charge is -2.10. The molecule has 0 aromatic rings. The van der Waals surface area contributed by atoms with Gasteiger partial charge in [0.25, 0.3) is 0 Å². The Labute approximate surface area is 79.9 Å². The first-order valence-electron chi connectivity index (χ1n) is 4.79. The first kappa shape index (κ1) is 10.5. The number of hydrogen-bond acceptors (Lipinski definition) is 2. The predicted octanol–water partition coefficient (Wildman–Crippen LogP) is 2.05. The second kappa shape index (κ2) is 5.20. The molecule has 1 aliphatic heterocycles. The second-order valence-corrected chi connectivity index (χ2v) is 3.63. The Morgan fingerprint density at radius 1 is 1.69 bits per heavy atom. The van der Waals surface area contributed by atoms with Crippen LogP contribution in [-0.2, 0) is 4.74 Å². The quantitative estimate of drug-likeness (QED) is 0.483. The molecule has 0 aromatic carbocycles. The molecule has 0 aromatic heterocycles. The molecule has 1 rings (SSSR count). The van der Waals surface area contributed by atoms with Crippen molar-refractivity contribution >= 4 is 0 Å². The highest BCUT2D eigenvalue weighted by molar-refractivity contribution is 4.98. The van der Waals surface area contributed by atoms with Crippen LogP contribution in [0.1, 0.15) is 25.7 Å². The number of allylic oxidation sites excluding steroid dienone is 1. The Bertz CT molecular complexity index is 183. The fourth-order valence-corrected chi connectivity index (χ4v) is 1.33. The Hall–Kier alpha value is -0.600. The van der Waals surface area contributed by atoms with Gasteiger partial charge in [0, 0.05) is 6.42 Å². The number of epoxide rings is 1. The van der Waals surface area contributed by atoms with Crippen molar-refractivity contribution in [2.75, 3.05) is 6.61 Å². The minimum absolute atomic E-state index is 0.273. The molecule has 2 atom stereocenters. The molecule has 2 nitrogen and oxygen atoms in total. The minimum Gasteiger partial charge on any atom is -0.393 e. The molecule has 1 fully saturated rings. The Balaban J connectivity index is 2.06. The van der Waals surface area contributed by atoms with Gasteiger partial charge in [0.05, 0.1) is 18.8 Å². The first-order valence-corrected chi connectivity index (χ1v) is 4.79. The van der Waals surface area contributed by atoms with E-state index in [4.69, 9.17) is 4.74 Å². The Morgan fingerprint density at radius 3 is 2.92 bits per heavy atom. The molecule has 1 saturated heterocycles. The average molecular weight is 182 g/mol. The third kappa shape index (κ3) is 4.86. The highest BCUT2D eigenvalue weighted by atomic mass is 16.6. The summed E-state index contributed by atoms with van der Waals surface area (Å²) in [7, 11) is 0. The maximum absolute atomic E-state index is 9.56. The van der Waals surface area contributed by atoms with Crippen molar-refractivity contribution < 1.29 is 9.84 Å². The van der Waals surface area contributed by atoms with E-state index in [2.05, 4.69) is 13.2 Å². The van der Waals surface area contributed by atoms with Crippen molar-refractivity contribution in [3.05, 3.63) is 24.8 Å². The van der Waals surface area contributed by atoms with Gasteiger partial charge in [0.2, 0.25) is 0 Å². The molecule has 0 saturated carbocycles. The third-order valence-corrected chi connectivity index (χ3v) is 2.16. The van der Waals surface area contributed by atoms with Crippen molar-refractivity contribution in [2.24, 2.45) is 0 Å². The summed E-state index contributed by atoms with van der Waals surface area (Å²) in [5.74, 6) is 0. The summed E-state index contributed by atoms with van der Waals surface area (Å²) >= 11 is 0. The van der Waals surface area contributed by atoms with Crippen LogP contribution in [0, 0.1) is 0 Å². The van der Waals surface area contributed by atoms with Crippen LogP contribution in [0.3, 0.4) is 0 Å². The maximum atomic E-state index is 9.56. The highest BCUT2D eigenvalue weighted by Crippen LogP contribution is 2.20. The summed E-state index contributed by atoms with van der Waals surface area (Å²) in [6.07, 6.45) is 5.26. The summed E-state index contributed by atoms with van der Waals surface area (Å²) in [5.41, 5.74) is 1.10. The van der Waals surface area contributed by atoms with E-state index in [1.54, 1.807) is 0 Å². The largest absolute Gasteiger partial charge is 0.393 e. The predicted molar refractivity (Wildman–Crippen MR) is 53.6 cm³/mol. The van der Waals surface area contributed by atoms with Gasteiger partial charge in [-0.05, 0) is 19.3 Å². The van der Waals surface area contributed by atoms with Gasteiger partial charge >= 0.3 is 0 Å². The van der Waals surface area contributed by atoms with Gasteiger partial charge < -0.3 is 9.84 Å². The minimum atomic E-state index is -0.273. The van der Waals surface area contributed by atoms with Crippen LogP contribution in [0.25, 0.3) is 0 Å². The number of aliphatic hydroxyl groups excluding tert-OH is 1. The molecule has 13 heavy (non-hydrogen) atoms. The molecule has 74 valence electrons. The van der Waals surface area contributed by atoms with E-state index in [0.717, 1.165) is 31.4 Å². The van der Waals surface area contributed by atoms with Crippen LogP contribution in [0.5, 0.6) is 0 Å². The van der Waals surface area contributed by atoms with Crippen LogP contribution >= 0.6 is 0 Å². The van der Waals surface area contributed by atoms with Crippen LogP contribution in [0.4, 0.5) is 0 Å². The fourth-order valence-electron chi connectivity index (χ4n) is 1.33. The van der Waals surface area contributed by atoms with E-state index in [0.29, 0.717) is 12.5 Å². The normalized spacial score (nSPS) is 22.4. The molecule has 0 aliphatic carbocycles. The van der Waals surface area contributed by atoms with E-state index >= 15 is 0 Å². The van der Waals surface area contributed by atoms with Gasteiger partial charge in [-0.25, -0.2) is 0 Å². The van der Waals surface area contributed by atoms with Crippen molar-refractivity contribution in [1.29, 1.82) is 0 Å². The third-order valence-electron chi connectivity index (χ3n) is 2.16. The van der Waals surface area contributed by atoms with E-state index in [9.17, 15) is 5.11 Å². The maximum Gasteiger partial charge on any atom is 0.0834 e. The number of ether oxygens (including phenoxy) is 1. The van der Waals surface area contributed by atoms with Crippen molar-refractivity contribution in [1.82, 2.24) is 0 Å². The lowest BCUT2D eigenvalue weighted by molar-refractivity contribution is 0.151. The molecule has 1 N–H and O–H groups in total.